The topological polar surface area (TPSA) is 73.9 Å². The summed E-state index contributed by atoms with van der Waals surface area (Å²) in [6.07, 6.45) is 0.245. The Morgan fingerprint density at radius 2 is 1.50 bits per heavy atom. The average Bonchev–Trinajstić information content (AvgIpc) is 2.58. The van der Waals surface area contributed by atoms with Gasteiger partial charge in [-0.2, -0.15) is 5.10 Å². The van der Waals surface area contributed by atoms with Crippen LogP contribution in [0.3, 0.4) is 0 Å². The van der Waals surface area contributed by atoms with Crippen LogP contribution in [0.15, 0.2) is 59.7 Å². The molecule has 128 valence electrons. The lowest BCUT2D eigenvalue weighted by atomic mass is 10.0. The number of benzene rings is 2. The molecule has 0 saturated carbocycles. The lowest BCUT2D eigenvalue weighted by Crippen LogP contribution is -2.06. The first-order valence-electron chi connectivity index (χ1n) is 7.92. The minimum atomic E-state index is -3.10. The first kappa shape index (κ1) is 18.4. The molecule has 24 heavy (non-hydrogen) atoms. The molecule has 0 radical (unpaired) electrons. The van der Waals surface area contributed by atoms with Crippen LogP contribution < -0.4 is 5.84 Å². The van der Waals surface area contributed by atoms with E-state index in [4.69, 9.17) is 14.9 Å². The molecule has 0 spiro atoms. The fraction of sp³-hybridized carbons (Fsp3) is 0.278. The zero-order valence-corrected chi connectivity index (χ0v) is 14.9. The molecule has 2 aromatic carbocycles. The monoisotopic (exact) mass is 346 g/mol. The Bertz CT molecular complexity index is 705. The minimum Gasteiger partial charge on any atom is -0.323 e. The van der Waals surface area contributed by atoms with E-state index in [0.29, 0.717) is 18.9 Å². The molecule has 6 heteroatoms. The van der Waals surface area contributed by atoms with E-state index in [-0.39, 0.29) is 6.16 Å². The molecule has 5 nitrogen and oxygen atoms in total. The van der Waals surface area contributed by atoms with Crippen molar-refractivity contribution in [2.24, 2.45) is 10.9 Å². The second kappa shape index (κ2) is 8.78. The lowest BCUT2D eigenvalue weighted by molar-refractivity contribution is 0.219. The molecule has 0 atom stereocenters. The molecule has 0 bridgehead atoms. The van der Waals surface area contributed by atoms with Gasteiger partial charge in [-0.15, -0.1) is 0 Å². The van der Waals surface area contributed by atoms with Crippen molar-refractivity contribution < 1.29 is 13.6 Å². The highest BCUT2D eigenvalue weighted by atomic mass is 31.2. The van der Waals surface area contributed by atoms with E-state index in [9.17, 15) is 4.57 Å². The number of hydrogen-bond donors (Lipinski definition) is 1. The summed E-state index contributed by atoms with van der Waals surface area (Å²) in [5.41, 5.74) is 3.44. The maximum absolute atomic E-state index is 12.6. The van der Waals surface area contributed by atoms with Gasteiger partial charge in [0.2, 0.25) is 0 Å². The van der Waals surface area contributed by atoms with Crippen molar-refractivity contribution in [1.29, 1.82) is 0 Å². The highest BCUT2D eigenvalue weighted by molar-refractivity contribution is 7.53. The molecule has 2 N–H and O–H groups in total. The zero-order chi connectivity index (χ0) is 17.4. The summed E-state index contributed by atoms with van der Waals surface area (Å²) in [5, 5.41) is 3.90. The third-order valence-electron chi connectivity index (χ3n) is 3.43. The molecule has 2 rings (SSSR count). The van der Waals surface area contributed by atoms with Gasteiger partial charge in [0, 0.05) is 11.1 Å². The Morgan fingerprint density at radius 3 is 2.00 bits per heavy atom. The van der Waals surface area contributed by atoms with Crippen LogP contribution >= 0.6 is 7.60 Å². The van der Waals surface area contributed by atoms with Crippen molar-refractivity contribution in [3.8, 4) is 0 Å². The van der Waals surface area contributed by atoms with Crippen LogP contribution in [0.2, 0.25) is 0 Å². The van der Waals surface area contributed by atoms with Gasteiger partial charge in [0.25, 0.3) is 0 Å². The molecule has 0 fully saturated rings. The molecule has 0 aliphatic heterocycles. The standard InChI is InChI=1S/C18H23N2O3P/c1-3-22-24(21,23-4-2)14-15-10-12-17(13-11-15)18(20-19)16-8-6-5-7-9-16/h5-13H,3-4,14,19H2,1-2H3/b20-18+. The van der Waals surface area contributed by atoms with Crippen LogP contribution in [0.5, 0.6) is 0 Å². The minimum absolute atomic E-state index is 0.245. The average molecular weight is 346 g/mol. The quantitative estimate of drug-likeness (QED) is 0.337. The number of nitrogens with two attached hydrogens (primary N) is 1. The van der Waals surface area contributed by atoms with E-state index in [1.807, 2.05) is 54.6 Å². The smallest absolute Gasteiger partial charge is 0.323 e. The highest BCUT2D eigenvalue weighted by Crippen LogP contribution is 2.51. The van der Waals surface area contributed by atoms with Crippen LogP contribution in [-0.2, 0) is 19.8 Å². The SMILES string of the molecule is CCOP(=O)(Cc1ccc(/C(=N/N)c2ccccc2)cc1)OCC. The summed E-state index contributed by atoms with van der Waals surface area (Å²) < 4.78 is 23.3. The Kier molecular flexibility index (Phi) is 6.73. The van der Waals surface area contributed by atoms with Crippen molar-refractivity contribution >= 4 is 13.3 Å². The van der Waals surface area contributed by atoms with Crippen molar-refractivity contribution in [2.45, 2.75) is 20.0 Å². The molecule has 0 unspecified atom stereocenters. The van der Waals surface area contributed by atoms with Gasteiger partial charge in [-0.3, -0.25) is 4.57 Å². The second-order valence-electron chi connectivity index (χ2n) is 5.15. The molecule has 0 heterocycles. The summed E-state index contributed by atoms with van der Waals surface area (Å²) in [4.78, 5) is 0. The van der Waals surface area contributed by atoms with Crippen LogP contribution in [0, 0.1) is 0 Å². The van der Waals surface area contributed by atoms with Crippen LogP contribution in [-0.4, -0.2) is 18.9 Å². The number of rotatable bonds is 8. The molecule has 0 saturated heterocycles. The van der Waals surface area contributed by atoms with Gasteiger partial charge in [0.15, 0.2) is 0 Å². The molecule has 0 aromatic heterocycles. The Morgan fingerprint density at radius 1 is 0.958 bits per heavy atom. The van der Waals surface area contributed by atoms with E-state index in [1.165, 1.54) is 0 Å². The number of hydrazone groups is 1. The van der Waals surface area contributed by atoms with Crippen LogP contribution in [0.25, 0.3) is 0 Å². The Balaban J connectivity index is 2.20. The maximum atomic E-state index is 12.6. The summed E-state index contributed by atoms with van der Waals surface area (Å²) >= 11 is 0. The van der Waals surface area contributed by atoms with Crippen molar-refractivity contribution in [3.05, 3.63) is 71.3 Å². The molecule has 0 aliphatic carbocycles. The first-order chi connectivity index (χ1) is 11.6. The third-order valence-corrected chi connectivity index (χ3v) is 5.49. The van der Waals surface area contributed by atoms with Crippen LogP contribution in [0.1, 0.15) is 30.5 Å². The van der Waals surface area contributed by atoms with E-state index >= 15 is 0 Å². The van der Waals surface area contributed by atoms with Gasteiger partial charge in [-0.25, -0.2) is 0 Å². The lowest BCUT2D eigenvalue weighted by Gasteiger charge is -2.17. The van der Waals surface area contributed by atoms with Crippen molar-refractivity contribution in [3.63, 3.8) is 0 Å². The molecule has 2 aromatic rings. The largest absolute Gasteiger partial charge is 0.335 e. The molecular formula is C18H23N2O3P. The van der Waals surface area contributed by atoms with E-state index in [0.717, 1.165) is 16.7 Å². The summed E-state index contributed by atoms with van der Waals surface area (Å²) in [6.45, 7) is 4.32. The van der Waals surface area contributed by atoms with Gasteiger partial charge in [0.05, 0.1) is 25.1 Å². The maximum Gasteiger partial charge on any atom is 0.335 e. The van der Waals surface area contributed by atoms with E-state index < -0.39 is 7.60 Å². The van der Waals surface area contributed by atoms with Gasteiger partial charge < -0.3 is 14.9 Å². The fourth-order valence-electron chi connectivity index (χ4n) is 2.43. The zero-order valence-electron chi connectivity index (χ0n) is 14.0. The summed E-state index contributed by atoms with van der Waals surface area (Å²) in [6, 6.07) is 17.4. The second-order valence-corrected chi connectivity index (χ2v) is 7.20. The Hall–Kier alpha value is -1.94. The fourth-order valence-corrected chi connectivity index (χ4v) is 4.13. The number of hydrogen-bond acceptors (Lipinski definition) is 5. The third kappa shape index (κ3) is 4.78. The molecular weight excluding hydrogens is 323 g/mol. The van der Waals surface area contributed by atoms with Gasteiger partial charge in [0.1, 0.15) is 0 Å². The van der Waals surface area contributed by atoms with Crippen molar-refractivity contribution in [1.82, 2.24) is 0 Å². The molecule has 0 amide bonds. The molecule has 0 aliphatic rings. The predicted molar refractivity (Wildman–Crippen MR) is 97.3 cm³/mol. The van der Waals surface area contributed by atoms with Gasteiger partial charge >= 0.3 is 7.60 Å². The van der Waals surface area contributed by atoms with Crippen LogP contribution in [0.4, 0.5) is 0 Å². The highest BCUT2D eigenvalue weighted by Gasteiger charge is 2.24. The first-order valence-corrected chi connectivity index (χ1v) is 9.65. The summed E-state index contributed by atoms with van der Waals surface area (Å²) in [7, 11) is -3.10. The van der Waals surface area contributed by atoms with E-state index in [1.54, 1.807) is 13.8 Å². The van der Waals surface area contributed by atoms with E-state index in [2.05, 4.69) is 5.10 Å². The summed E-state index contributed by atoms with van der Waals surface area (Å²) in [5.74, 6) is 5.56. The Labute approximate surface area is 143 Å². The van der Waals surface area contributed by atoms with Gasteiger partial charge in [-0.05, 0) is 19.4 Å². The number of nitrogens with zero attached hydrogens (tertiary/aromatic N) is 1. The predicted octanol–water partition coefficient (Wildman–Crippen LogP) is 4.16. The normalized spacial score (nSPS) is 12.3. The van der Waals surface area contributed by atoms with Gasteiger partial charge in [-0.1, -0.05) is 54.6 Å². The van der Waals surface area contributed by atoms with Crippen molar-refractivity contribution in [2.75, 3.05) is 13.2 Å².